The van der Waals surface area contributed by atoms with E-state index in [1.807, 2.05) is 22.8 Å². The summed E-state index contributed by atoms with van der Waals surface area (Å²) in [5.41, 5.74) is 3.25. The van der Waals surface area contributed by atoms with Gasteiger partial charge >= 0.3 is 6.09 Å². The number of ether oxygens (including phenoxy) is 1. The minimum atomic E-state index is -0.325. The Balaban J connectivity index is 1.40. The van der Waals surface area contributed by atoms with Gasteiger partial charge in [0.2, 0.25) is 0 Å². The van der Waals surface area contributed by atoms with Crippen molar-refractivity contribution in [3.8, 4) is 0 Å². The molecule has 0 radical (unpaired) electrons. The molecule has 0 atom stereocenters. The molecule has 0 aliphatic carbocycles. The molecule has 30 heavy (non-hydrogen) atoms. The van der Waals surface area contributed by atoms with E-state index in [2.05, 4.69) is 22.1 Å². The fraction of sp³-hybridized carbons (Fsp3) is 0.364. The molecule has 156 valence electrons. The molecule has 1 aliphatic heterocycles. The van der Waals surface area contributed by atoms with Crippen LogP contribution in [-0.2, 0) is 17.7 Å². The lowest BCUT2D eigenvalue weighted by Crippen LogP contribution is -2.50. The second kappa shape index (κ2) is 8.94. The first-order valence-electron chi connectivity index (χ1n) is 10.2. The van der Waals surface area contributed by atoms with Gasteiger partial charge in [0.15, 0.2) is 5.65 Å². The lowest BCUT2D eigenvalue weighted by molar-refractivity contribution is 0.0570. The van der Waals surface area contributed by atoms with E-state index in [1.54, 1.807) is 35.3 Å². The summed E-state index contributed by atoms with van der Waals surface area (Å²) in [5.74, 6) is -0.0910. The summed E-state index contributed by atoms with van der Waals surface area (Å²) in [6, 6.07) is 12.1. The average Bonchev–Trinajstić information content (AvgIpc) is 3.20. The zero-order valence-electron chi connectivity index (χ0n) is 17.0. The van der Waals surface area contributed by atoms with Crippen LogP contribution in [0.15, 0.2) is 48.9 Å². The maximum absolute atomic E-state index is 12.9. The predicted molar refractivity (Wildman–Crippen MR) is 112 cm³/mol. The molecule has 0 unspecified atom stereocenters. The normalized spacial score (nSPS) is 14.2. The Morgan fingerprint density at radius 3 is 2.50 bits per heavy atom. The molecule has 4 rings (SSSR count). The highest BCUT2D eigenvalue weighted by Gasteiger charge is 2.26. The number of carbonyl (C=O) groups is 2. The quantitative estimate of drug-likeness (QED) is 0.649. The van der Waals surface area contributed by atoms with Crippen LogP contribution in [0.4, 0.5) is 4.79 Å². The standard InChI is InChI=1S/C22H25N5O3/c1-2-30-22(29)26-12-10-25(11-13-26)21(28)18-14-19-20(23-15-18)27(16-24-19)9-8-17-6-4-3-5-7-17/h3-7,14-16H,2,8-13H2,1H3. The Hall–Kier alpha value is -3.42. The third-order valence-electron chi connectivity index (χ3n) is 5.28. The number of pyridine rings is 1. The summed E-state index contributed by atoms with van der Waals surface area (Å²) in [5, 5.41) is 0. The number of aromatic nitrogens is 3. The van der Waals surface area contributed by atoms with Crippen molar-refractivity contribution in [1.29, 1.82) is 0 Å². The molecule has 1 fully saturated rings. The summed E-state index contributed by atoms with van der Waals surface area (Å²) < 4.78 is 7.03. The number of rotatable bonds is 5. The van der Waals surface area contributed by atoms with Gasteiger partial charge in [-0.05, 0) is 25.0 Å². The topological polar surface area (TPSA) is 80.6 Å². The number of hydrogen-bond acceptors (Lipinski definition) is 5. The lowest BCUT2D eigenvalue weighted by atomic mass is 10.1. The first kappa shape index (κ1) is 19.9. The van der Waals surface area contributed by atoms with E-state index >= 15 is 0 Å². The summed E-state index contributed by atoms with van der Waals surface area (Å²) in [4.78, 5) is 37.0. The Bertz CT molecular complexity index is 1030. The molecule has 3 aromatic rings. The first-order chi connectivity index (χ1) is 14.7. The summed E-state index contributed by atoms with van der Waals surface area (Å²) in [6.07, 6.45) is 3.95. The maximum Gasteiger partial charge on any atom is 0.409 e. The number of fused-ring (bicyclic) bond motifs is 1. The zero-order valence-corrected chi connectivity index (χ0v) is 17.0. The van der Waals surface area contributed by atoms with Crippen LogP contribution in [0.5, 0.6) is 0 Å². The SMILES string of the molecule is CCOC(=O)N1CCN(C(=O)c2cnc3c(c2)ncn3CCc2ccccc2)CC1. The van der Waals surface area contributed by atoms with E-state index in [9.17, 15) is 9.59 Å². The van der Waals surface area contributed by atoms with Crippen LogP contribution in [0, 0.1) is 0 Å². The van der Waals surface area contributed by atoms with Crippen LogP contribution in [0.3, 0.4) is 0 Å². The van der Waals surface area contributed by atoms with Crippen molar-refractivity contribution in [2.75, 3.05) is 32.8 Å². The van der Waals surface area contributed by atoms with E-state index in [0.717, 1.165) is 18.6 Å². The first-order valence-corrected chi connectivity index (χ1v) is 10.2. The average molecular weight is 407 g/mol. The molecule has 8 nitrogen and oxygen atoms in total. The molecule has 3 heterocycles. The number of nitrogens with zero attached hydrogens (tertiary/aromatic N) is 5. The van der Waals surface area contributed by atoms with Gasteiger partial charge in [0.05, 0.1) is 18.5 Å². The molecule has 2 aromatic heterocycles. The molecular formula is C22H25N5O3. The van der Waals surface area contributed by atoms with Gasteiger partial charge in [-0.25, -0.2) is 14.8 Å². The van der Waals surface area contributed by atoms with Gasteiger partial charge in [-0.3, -0.25) is 4.79 Å². The molecular weight excluding hydrogens is 382 g/mol. The van der Waals surface area contributed by atoms with E-state index in [-0.39, 0.29) is 12.0 Å². The fourth-order valence-electron chi connectivity index (χ4n) is 3.61. The number of piperazine rings is 1. The molecule has 2 amide bonds. The Morgan fingerprint density at radius 2 is 1.77 bits per heavy atom. The Morgan fingerprint density at radius 1 is 1.03 bits per heavy atom. The third-order valence-corrected chi connectivity index (χ3v) is 5.28. The maximum atomic E-state index is 12.9. The van der Waals surface area contributed by atoms with Gasteiger partial charge in [0.25, 0.3) is 5.91 Å². The van der Waals surface area contributed by atoms with Crippen molar-refractivity contribution in [2.24, 2.45) is 0 Å². The van der Waals surface area contributed by atoms with Crippen LogP contribution < -0.4 is 0 Å². The van der Waals surface area contributed by atoms with Crippen LogP contribution >= 0.6 is 0 Å². The van der Waals surface area contributed by atoms with Crippen molar-refractivity contribution in [1.82, 2.24) is 24.3 Å². The van der Waals surface area contributed by atoms with Gasteiger partial charge < -0.3 is 19.1 Å². The number of amides is 2. The van der Waals surface area contributed by atoms with Gasteiger partial charge in [0.1, 0.15) is 5.52 Å². The highest BCUT2D eigenvalue weighted by atomic mass is 16.6. The molecule has 1 aromatic carbocycles. The largest absolute Gasteiger partial charge is 0.450 e. The zero-order chi connectivity index (χ0) is 20.9. The second-order valence-electron chi connectivity index (χ2n) is 7.22. The van der Waals surface area contributed by atoms with E-state index < -0.39 is 0 Å². The highest BCUT2D eigenvalue weighted by Crippen LogP contribution is 2.16. The molecule has 1 saturated heterocycles. The molecule has 0 spiro atoms. The van der Waals surface area contributed by atoms with Crippen LogP contribution in [-0.4, -0.2) is 69.1 Å². The van der Waals surface area contributed by atoms with Gasteiger partial charge in [0, 0.05) is 38.9 Å². The van der Waals surface area contributed by atoms with Crippen molar-refractivity contribution >= 4 is 23.2 Å². The minimum Gasteiger partial charge on any atom is -0.450 e. The van der Waals surface area contributed by atoms with Gasteiger partial charge in [-0.2, -0.15) is 0 Å². The van der Waals surface area contributed by atoms with Gasteiger partial charge in [-0.15, -0.1) is 0 Å². The molecule has 0 N–H and O–H groups in total. The van der Waals surface area contributed by atoms with Crippen LogP contribution in [0.25, 0.3) is 11.2 Å². The number of hydrogen-bond donors (Lipinski definition) is 0. The van der Waals surface area contributed by atoms with Crippen molar-refractivity contribution < 1.29 is 14.3 Å². The smallest absolute Gasteiger partial charge is 0.409 e. The molecule has 0 saturated carbocycles. The van der Waals surface area contributed by atoms with Crippen LogP contribution in [0.2, 0.25) is 0 Å². The minimum absolute atomic E-state index is 0.0910. The number of imidazole rings is 1. The van der Waals surface area contributed by atoms with E-state index in [4.69, 9.17) is 4.74 Å². The number of aryl methyl sites for hydroxylation is 2. The van der Waals surface area contributed by atoms with Crippen molar-refractivity contribution in [3.63, 3.8) is 0 Å². The number of benzene rings is 1. The van der Waals surface area contributed by atoms with Crippen LogP contribution in [0.1, 0.15) is 22.8 Å². The second-order valence-corrected chi connectivity index (χ2v) is 7.22. The third kappa shape index (κ3) is 4.27. The van der Waals surface area contributed by atoms with E-state index in [0.29, 0.717) is 43.9 Å². The predicted octanol–water partition coefficient (Wildman–Crippen LogP) is 2.59. The lowest BCUT2D eigenvalue weighted by Gasteiger charge is -2.34. The number of carbonyl (C=O) groups excluding carboxylic acids is 2. The highest BCUT2D eigenvalue weighted by molar-refractivity contribution is 5.96. The molecule has 8 heteroatoms. The Kier molecular flexibility index (Phi) is 5.92. The van der Waals surface area contributed by atoms with Crippen molar-refractivity contribution in [3.05, 3.63) is 60.0 Å². The van der Waals surface area contributed by atoms with Crippen molar-refractivity contribution in [2.45, 2.75) is 19.9 Å². The van der Waals surface area contributed by atoms with Gasteiger partial charge in [-0.1, -0.05) is 30.3 Å². The monoisotopic (exact) mass is 407 g/mol. The summed E-state index contributed by atoms with van der Waals surface area (Å²) >= 11 is 0. The Labute approximate surface area is 175 Å². The fourth-order valence-corrected chi connectivity index (χ4v) is 3.61. The molecule has 0 bridgehead atoms. The van der Waals surface area contributed by atoms with E-state index in [1.165, 1.54) is 5.56 Å². The summed E-state index contributed by atoms with van der Waals surface area (Å²) in [6.45, 7) is 4.78. The summed E-state index contributed by atoms with van der Waals surface area (Å²) in [7, 11) is 0. The molecule has 1 aliphatic rings.